The van der Waals surface area contributed by atoms with Gasteiger partial charge in [0.1, 0.15) is 0 Å². The third-order valence-corrected chi connectivity index (χ3v) is 4.24. The van der Waals surface area contributed by atoms with Gasteiger partial charge in [0.2, 0.25) is 11.0 Å². The van der Waals surface area contributed by atoms with Crippen LogP contribution in [0.25, 0.3) is 0 Å². The summed E-state index contributed by atoms with van der Waals surface area (Å²) in [6.45, 7) is 4.27. The van der Waals surface area contributed by atoms with Gasteiger partial charge in [0.05, 0.1) is 39.2 Å². The van der Waals surface area contributed by atoms with E-state index in [-0.39, 0.29) is 0 Å². The lowest BCUT2D eigenvalue weighted by atomic mass is 10.1. The Kier molecular flexibility index (Phi) is 5.13. The smallest absolute Gasteiger partial charge is 0.296 e. The predicted octanol–water partition coefficient (Wildman–Crippen LogP) is 0.0239. The molecule has 9 nitrogen and oxygen atoms in total. The molecule has 2 N–H and O–H groups in total. The van der Waals surface area contributed by atoms with Crippen LogP contribution in [0.3, 0.4) is 0 Å². The Morgan fingerprint density at radius 1 is 1.08 bits per heavy atom. The van der Waals surface area contributed by atoms with Crippen molar-refractivity contribution in [1.29, 1.82) is 0 Å². The Morgan fingerprint density at radius 2 is 1.72 bits per heavy atom. The number of hydrogen-bond donors (Lipinski definition) is 1. The van der Waals surface area contributed by atoms with Crippen molar-refractivity contribution in [2.75, 3.05) is 58.3 Å². The van der Waals surface area contributed by atoms with Gasteiger partial charge in [-0.15, -0.1) is 0 Å². The van der Waals surface area contributed by atoms with E-state index >= 15 is 0 Å². The maximum absolute atomic E-state index is 5.57. The minimum Gasteiger partial charge on any atom is -0.493 e. The summed E-state index contributed by atoms with van der Waals surface area (Å²) in [5.41, 5.74) is 6.68. The van der Waals surface area contributed by atoms with E-state index in [9.17, 15) is 0 Å². The molecule has 136 valence electrons. The fourth-order valence-electron chi connectivity index (χ4n) is 2.97. The number of nitrogens with two attached hydrogens (primary N) is 1. The molecule has 2 heterocycles. The standard InChI is InChI=1S/C16H24N5O4/c1-22-13-8-12(9-14(23-2)16(13)24-3)10-19-4-6-20(7-5-19)21-11-15(17)25-18-21/h8-9,11H,4-7,10,17H2,1-3H3/q+1. The molecule has 0 bridgehead atoms. The predicted molar refractivity (Wildman–Crippen MR) is 90.4 cm³/mol. The average molecular weight is 350 g/mol. The molecule has 25 heavy (non-hydrogen) atoms. The van der Waals surface area contributed by atoms with E-state index in [2.05, 4.69) is 15.2 Å². The van der Waals surface area contributed by atoms with E-state index < -0.39 is 0 Å². The largest absolute Gasteiger partial charge is 0.493 e. The fourth-order valence-corrected chi connectivity index (χ4v) is 2.97. The van der Waals surface area contributed by atoms with E-state index in [1.54, 1.807) is 32.3 Å². The molecule has 0 amide bonds. The second-order valence-corrected chi connectivity index (χ2v) is 5.79. The van der Waals surface area contributed by atoms with E-state index in [1.165, 1.54) is 0 Å². The molecule has 1 aromatic heterocycles. The maximum atomic E-state index is 5.57. The van der Waals surface area contributed by atoms with Crippen LogP contribution in [0.2, 0.25) is 0 Å². The second kappa shape index (κ2) is 7.47. The van der Waals surface area contributed by atoms with Crippen LogP contribution < -0.4 is 29.7 Å². The van der Waals surface area contributed by atoms with Gasteiger partial charge in [0.25, 0.3) is 12.1 Å². The minimum atomic E-state index is 0.305. The van der Waals surface area contributed by atoms with Crippen LogP contribution in [0, 0.1) is 0 Å². The Bertz CT molecular complexity index is 687. The molecule has 1 aromatic carbocycles. The molecule has 0 aliphatic carbocycles. The molecule has 0 saturated carbocycles. The number of ether oxygens (including phenoxy) is 3. The van der Waals surface area contributed by atoms with Gasteiger partial charge in [-0.1, -0.05) is 0 Å². The van der Waals surface area contributed by atoms with Gasteiger partial charge in [-0.25, -0.2) is 0 Å². The zero-order valence-corrected chi connectivity index (χ0v) is 14.8. The van der Waals surface area contributed by atoms with E-state index in [0.717, 1.165) is 38.3 Å². The van der Waals surface area contributed by atoms with Gasteiger partial charge in [-0.3, -0.25) is 9.42 Å². The summed E-state index contributed by atoms with van der Waals surface area (Å²) < 4.78 is 21.1. The molecule has 1 aliphatic rings. The Labute approximate surface area is 146 Å². The van der Waals surface area contributed by atoms with Crippen molar-refractivity contribution in [1.82, 2.24) is 10.2 Å². The topological polar surface area (TPSA) is 90.1 Å². The summed E-state index contributed by atoms with van der Waals surface area (Å²) in [7, 11) is 4.86. The molecular formula is C16H24N5O4+. The average Bonchev–Trinajstić information content (AvgIpc) is 3.07. The molecular weight excluding hydrogens is 326 g/mol. The van der Waals surface area contributed by atoms with Crippen molar-refractivity contribution in [3.05, 3.63) is 23.9 Å². The van der Waals surface area contributed by atoms with Gasteiger partial charge in [0, 0.05) is 19.6 Å². The van der Waals surface area contributed by atoms with E-state index in [0.29, 0.717) is 23.1 Å². The first-order chi connectivity index (χ1) is 12.1. The lowest BCUT2D eigenvalue weighted by Crippen LogP contribution is -2.65. The normalized spacial score (nSPS) is 15.2. The first kappa shape index (κ1) is 17.2. The first-order valence-corrected chi connectivity index (χ1v) is 8.05. The zero-order valence-electron chi connectivity index (χ0n) is 14.8. The van der Waals surface area contributed by atoms with Crippen LogP contribution in [0.5, 0.6) is 17.2 Å². The number of nitrogen functional groups attached to an aromatic ring is 1. The lowest BCUT2D eigenvalue weighted by molar-refractivity contribution is -0.759. The molecule has 1 saturated heterocycles. The number of rotatable bonds is 6. The summed E-state index contributed by atoms with van der Waals surface area (Å²) in [5.74, 6) is 2.26. The third kappa shape index (κ3) is 3.71. The van der Waals surface area contributed by atoms with Gasteiger partial charge >= 0.3 is 0 Å². The van der Waals surface area contributed by atoms with Crippen LogP contribution in [0.4, 0.5) is 5.88 Å². The van der Waals surface area contributed by atoms with Gasteiger partial charge < -0.3 is 19.9 Å². The lowest BCUT2D eigenvalue weighted by Gasteiger charge is -2.30. The Morgan fingerprint density at radius 3 is 2.20 bits per heavy atom. The first-order valence-electron chi connectivity index (χ1n) is 8.05. The molecule has 0 spiro atoms. The Hall–Kier alpha value is -2.68. The van der Waals surface area contributed by atoms with Crippen LogP contribution in [0.1, 0.15) is 5.56 Å². The maximum Gasteiger partial charge on any atom is 0.296 e. The highest BCUT2D eigenvalue weighted by Crippen LogP contribution is 2.38. The molecule has 9 heteroatoms. The number of hydrogen-bond acceptors (Lipinski definition) is 8. The van der Waals surface area contributed by atoms with Crippen LogP contribution >= 0.6 is 0 Å². The Balaban J connectivity index is 1.65. The molecule has 0 radical (unpaired) electrons. The van der Waals surface area contributed by atoms with Gasteiger partial charge in [-0.2, -0.15) is 5.01 Å². The van der Waals surface area contributed by atoms with Crippen molar-refractivity contribution < 1.29 is 23.5 Å². The molecule has 0 unspecified atom stereocenters. The monoisotopic (exact) mass is 350 g/mol. The van der Waals surface area contributed by atoms with E-state index in [4.69, 9.17) is 24.5 Å². The van der Waals surface area contributed by atoms with Crippen molar-refractivity contribution in [3.8, 4) is 17.2 Å². The summed E-state index contributed by atoms with van der Waals surface area (Å²) in [5, 5.41) is 5.98. The molecule has 2 aromatic rings. The molecule has 0 atom stereocenters. The number of nitrogens with zero attached hydrogens (tertiary/aromatic N) is 4. The summed E-state index contributed by atoms with van der Waals surface area (Å²) in [4.78, 5) is 4.02. The fraction of sp³-hybridized carbons (Fsp3) is 0.500. The highest BCUT2D eigenvalue weighted by molar-refractivity contribution is 5.53. The number of benzene rings is 1. The third-order valence-electron chi connectivity index (χ3n) is 4.24. The number of anilines is 1. The second-order valence-electron chi connectivity index (χ2n) is 5.79. The molecule has 3 rings (SSSR count). The SMILES string of the molecule is COc1cc(CN2CCN([n+]3cc(N)on3)CC2)cc(OC)c1OC. The number of methoxy groups -OCH3 is 3. The van der Waals surface area contributed by atoms with Gasteiger partial charge in [-0.05, 0) is 17.7 Å². The molecule has 1 fully saturated rings. The molecule has 1 aliphatic heterocycles. The summed E-state index contributed by atoms with van der Waals surface area (Å²) in [6.07, 6.45) is 1.68. The summed E-state index contributed by atoms with van der Waals surface area (Å²) in [6, 6.07) is 3.97. The quantitative estimate of drug-likeness (QED) is 0.730. The van der Waals surface area contributed by atoms with Crippen molar-refractivity contribution >= 4 is 5.88 Å². The zero-order chi connectivity index (χ0) is 17.8. The van der Waals surface area contributed by atoms with Crippen molar-refractivity contribution in [2.24, 2.45) is 0 Å². The van der Waals surface area contributed by atoms with E-state index in [1.807, 2.05) is 12.1 Å². The highest BCUT2D eigenvalue weighted by atomic mass is 16.5. The van der Waals surface area contributed by atoms with Crippen LogP contribution in [-0.4, -0.2) is 57.7 Å². The van der Waals surface area contributed by atoms with Gasteiger partial charge in [0.15, 0.2) is 11.5 Å². The van der Waals surface area contributed by atoms with Crippen LogP contribution in [-0.2, 0) is 6.54 Å². The van der Waals surface area contributed by atoms with Crippen molar-refractivity contribution in [3.63, 3.8) is 0 Å². The number of aromatic nitrogens is 2. The van der Waals surface area contributed by atoms with Crippen LogP contribution in [0.15, 0.2) is 22.9 Å². The summed E-state index contributed by atoms with van der Waals surface area (Å²) >= 11 is 0. The number of piperazine rings is 1. The minimum absolute atomic E-state index is 0.305. The highest BCUT2D eigenvalue weighted by Gasteiger charge is 2.26. The van der Waals surface area contributed by atoms with Crippen molar-refractivity contribution in [2.45, 2.75) is 6.54 Å².